The Bertz CT molecular complexity index is 731. The Morgan fingerprint density at radius 2 is 1.30 bits per heavy atom. The first-order valence-electron chi connectivity index (χ1n) is 8.41. The Balaban J connectivity index is 2.14. The van der Waals surface area contributed by atoms with E-state index in [-0.39, 0.29) is 18.3 Å². The fourth-order valence-electron chi connectivity index (χ4n) is 3.16. The molecule has 0 amide bonds. The van der Waals surface area contributed by atoms with Crippen LogP contribution < -0.4 is 10.6 Å². The third-order valence-corrected chi connectivity index (χ3v) is 7.32. The van der Waals surface area contributed by atoms with E-state index in [0.29, 0.717) is 0 Å². The predicted octanol–water partition coefficient (Wildman–Crippen LogP) is 3.68. The lowest BCUT2D eigenvalue weighted by Gasteiger charge is -2.32. The van der Waals surface area contributed by atoms with E-state index in [1.807, 2.05) is 0 Å². The monoisotopic (exact) mass is 326 g/mol. The van der Waals surface area contributed by atoms with Crippen LogP contribution in [0.25, 0.3) is 10.8 Å². The zero-order chi connectivity index (χ0) is 17.0. The highest BCUT2D eigenvalue weighted by Crippen LogP contribution is 2.37. The SMILES string of the molecule is CC1(C)OB(c2cccc3c([Si](C)(C)C)cccc23)OC1(C)C. The lowest BCUT2D eigenvalue weighted by molar-refractivity contribution is 0.00578. The van der Waals surface area contributed by atoms with Crippen molar-refractivity contribution in [3.05, 3.63) is 36.4 Å². The van der Waals surface area contributed by atoms with E-state index in [1.165, 1.54) is 16.0 Å². The van der Waals surface area contributed by atoms with Crippen LogP contribution in [0.1, 0.15) is 27.7 Å². The molecular formula is C19H27BO2Si. The lowest BCUT2D eigenvalue weighted by atomic mass is 9.76. The highest BCUT2D eigenvalue weighted by atomic mass is 28.3. The molecule has 3 rings (SSSR count). The summed E-state index contributed by atoms with van der Waals surface area (Å²) in [6, 6.07) is 13.1. The van der Waals surface area contributed by atoms with Crippen LogP contribution in [0.3, 0.4) is 0 Å². The van der Waals surface area contributed by atoms with Crippen LogP contribution >= 0.6 is 0 Å². The minimum absolute atomic E-state index is 0.305. The molecule has 23 heavy (non-hydrogen) atoms. The van der Waals surface area contributed by atoms with Gasteiger partial charge < -0.3 is 9.31 Å². The number of rotatable bonds is 2. The van der Waals surface area contributed by atoms with Gasteiger partial charge in [-0.1, -0.05) is 61.2 Å². The molecule has 1 aliphatic heterocycles. The van der Waals surface area contributed by atoms with Gasteiger partial charge in [0.2, 0.25) is 0 Å². The van der Waals surface area contributed by atoms with Gasteiger partial charge in [0.05, 0.1) is 19.3 Å². The molecule has 2 aromatic rings. The lowest BCUT2D eigenvalue weighted by Crippen LogP contribution is -2.41. The van der Waals surface area contributed by atoms with Crippen molar-refractivity contribution in [1.82, 2.24) is 0 Å². The van der Waals surface area contributed by atoms with Crippen LogP contribution in [-0.2, 0) is 9.31 Å². The van der Waals surface area contributed by atoms with Crippen LogP contribution in [0.5, 0.6) is 0 Å². The van der Waals surface area contributed by atoms with E-state index in [2.05, 4.69) is 83.7 Å². The maximum absolute atomic E-state index is 6.27. The summed E-state index contributed by atoms with van der Waals surface area (Å²) in [6.45, 7) is 15.6. The number of fused-ring (bicyclic) bond motifs is 1. The summed E-state index contributed by atoms with van der Waals surface area (Å²) in [7, 11) is -1.70. The van der Waals surface area contributed by atoms with Gasteiger partial charge in [0.1, 0.15) is 0 Å². The van der Waals surface area contributed by atoms with Crippen molar-refractivity contribution in [3.63, 3.8) is 0 Å². The summed E-state index contributed by atoms with van der Waals surface area (Å²) in [5.74, 6) is 0. The molecule has 0 N–H and O–H groups in total. The fourth-order valence-corrected chi connectivity index (χ4v) is 4.79. The number of hydrogen-bond donors (Lipinski definition) is 0. The number of hydrogen-bond acceptors (Lipinski definition) is 2. The highest BCUT2D eigenvalue weighted by Gasteiger charge is 2.52. The van der Waals surface area contributed by atoms with Crippen LogP contribution in [-0.4, -0.2) is 26.4 Å². The first-order valence-corrected chi connectivity index (χ1v) is 11.9. The molecule has 2 nitrogen and oxygen atoms in total. The summed E-state index contributed by atoms with van der Waals surface area (Å²) in [5, 5.41) is 4.10. The number of benzene rings is 2. The highest BCUT2D eigenvalue weighted by molar-refractivity contribution is 6.90. The summed E-state index contributed by atoms with van der Waals surface area (Å²) in [4.78, 5) is 0. The average molecular weight is 326 g/mol. The molecule has 0 aliphatic carbocycles. The molecule has 1 aliphatic rings. The van der Waals surface area contributed by atoms with E-state index >= 15 is 0 Å². The zero-order valence-electron chi connectivity index (χ0n) is 15.4. The second kappa shape index (κ2) is 5.20. The first kappa shape index (κ1) is 16.7. The first-order chi connectivity index (χ1) is 10.5. The summed E-state index contributed by atoms with van der Waals surface area (Å²) in [6.07, 6.45) is 0. The molecule has 0 bridgehead atoms. The van der Waals surface area contributed by atoms with Gasteiger partial charge in [-0.05, 0) is 43.9 Å². The van der Waals surface area contributed by atoms with Gasteiger partial charge in [-0.15, -0.1) is 0 Å². The van der Waals surface area contributed by atoms with Crippen molar-refractivity contribution in [3.8, 4) is 0 Å². The van der Waals surface area contributed by atoms with E-state index in [1.54, 1.807) is 0 Å². The van der Waals surface area contributed by atoms with Crippen molar-refractivity contribution in [1.29, 1.82) is 0 Å². The summed E-state index contributed by atoms with van der Waals surface area (Å²) in [5.41, 5.74) is 0.521. The van der Waals surface area contributed by atoms with Gasteiger partial charge >= 0.3 is 7.12 Å². The van der Waals surface area contributed by atoms with E-state index in [4.69, 9.17) is 9.31 Å². The van der Waals surface area contributed by atoms with Gasteiger partial charge in [-0.2, -0.15) is 0 Å². The smallest absolute Gasteiger partial charge is 0.399 e. The quantitative estimate of drug-likeness (QED) is 0.784. The maximum atomic E-state index is 6.27. The van der Waals surface area contributed by atoms with Crippen molar-refractivity contribution >= 4 is 36.6 Å². The second-order valence-electron chi connectivity index (χ2n) is 8.59. The zero-order valence-corrected chi connectivity index (χ0v) is 16.4. The molecule has 0 atom stereocenters. The molecule has 0 radical (unpaired) electrons. The Morgan fingerprint density at radius 1 is 0.783 bits per heavy atom. The minimum Gasteiger partial charge on any atom is -0.399 e. The topological polar surface area (TPSA) is 18.5 Å². The molecule has 0 spiro atoms. The van der Waals surface area contributed by atoms with Gasteiger partial charge in [-0.25, -0.2) is 0 Å². The Hall–Kier alpha value is -1.10. The molecule has 2 aromatic carbocycles. The molecule has 0 saturated carbocycles. The van der Waals surface area contributed by atoms with Gasteiger partial charge in [0.25, 0.3) is 0 Å². The van der Waals surface area contributed by atoms with Crippen LogP contribution in [0, 0.1) is 0 Å². The van der Waals surface area contributed by atoms with Crippen molar-refractivity contribution in [2.24, 2.45) is 0 Å². The van der Waals surface area contributed by atoms with Crippen LogP contribution in [0.2, 0.25) is 19.6 Å². The normalized spacial score (nSPS) is 20.2. The molecule has 0 unspecified atom stereocenters. The standard InChI is InChI=1S/C19H27BO2Si/c1-18(2)19(3,4)22-20(21-18)16-12-8-11-15-14(16)10-9-13-17(15)23(5,6)7/h8-13H,1-7H3. The third-order valence-electron chi connectivity index (χ3n) is 5.27. The van der Waals surface area contributed by atoms with Gasteiger partial charge in [0, 0.05) is 0 Å². The van der Waals surface area contributed by atoms with Crippen molar-refractivity contribution < 1.29 is 9.31 Å². The predicted molar refractivity (Wildman–Crippen MR) is 103 cm³/mol. The van der Waals surface area contributed by atoms with Crippen molar-refractivity contribution in [2.45, 2.75) is 58.5 Å². The molecule has 1 fully saturated rings. The summed E-state index contributed by atoms with van der Waals surface area (Å²) < 4.78 is 12.5. The Kier molecular flexibility index (Phi) is 3.79. The average Bonchev–Trinajstić information content (AvgIpc) is 2.65. The van der Waals surface area contributed by atoms with Crippen LogP contribution in [0.4, 0.5) is 0 Å². The molecule has 122 valence electrons. The van der Waals surface area contributed by atoms with Crippen molar-refractivity contribution in [2.75, 3.05) is 0 Å². The second-order valence-corrected chi connectivity index (χ2v) is 13.6. The summed E-state index contributed by atoms with van der Waals surface area (Å²) >= 11 is 0. The maximum Gasteiger partial charge on any atom is 0.495 e. The van der Waals surface area contributed by atoms with Crippen LogP contribution in [0.15, 0.2) is 36.4 Å². The van der Waals surface area contributed by atoms with E-state index in [9.17, 15) is 0 Å². The van der Waals surface area contributed by atoms with Gasteiger partial charge in [-0.3, -0.25) is 0 Å². The Labute approximate surface area is 141 Å². The minimum atomic E-state index is -1.40. The Morgan fingerprint density at radius 3 is 1.87 bits per heavy atom. The molecular weight excluding hydrogens is 299 g/mol. The molecule has 1 saturated heterocycles. The molecule has 0 aromatic heterocycles. The fraction of sp³-hybridized carbons (Fsp3) is 0.474. The van der Waals surface area contributed by atoms with Gasteiger partial charge in [0.15, 0.2) is 0 Å². The third kappa shape index (κ3) is 2.77. The largest absolute Gasteiger partial charge is 0.495 e. The van der Waals surface area contributed by atoms with E-state index < -0.39 is 8.07 Å². The molecule has 1 heterocycles. The molecule has 4 heteroatoms. The van der Waals surface area contributed by atoms with E-state index in [0.717, 1.165) is 5.46 Å².